The first-order valence-corrected chi connectivity index (χ1v) is 10.2. The lowest BCUT2D eigenvalue weighted by Crippen LogP contribution is -2.40. The summed E-state index contributed by atoms with van der Waals surface area (Å²) in [5.41, 5.74) is 4.59. The van der Waals surface area contributed by atoms with Gasteiger partial charge in [0.15, 0.2) is 5.82 Å². The van der Waals surface area contributed by atoms with Gasteiger partial charge in [-0.15, -0.1) is 11.3 Å². The first-order chi connectivity index (χ1) is 14.2. The number of thiazole rings is 1. The molecule has 3 aromatic heterocycles. The molecule has 29 heavy (non-hydrogen) atoms. The summed E-state index contributed by atoms with van der Waals surface area (Å²) in [5, 5.41) is 4.93. The normalized spacial score (nSPS) is 13.0. The van der Waals surface area contributed by atoms with Crippen LogP contribution < -0.4 is 10.2 Å². The van der Waals surface area contributed by atoms with E-state index < -0.39 is 0 Å². The Labute approximate surface area is 172 Å². The van der Waals surface area contributed by atoms with E-state index in [2.05, 4.69) is 20.3 Å². The second-order valence-electron chi connectivity index (χ2n) is 6.58. The van der Waals surface area contributed by atoms with Crippen molar-refractivity contribution in [3.05, 3.63) is 64.5 Å². The highest BCUT2D eigenvalue weighted by molar-refractivity contribution is 7.07. The van der Waals surface area contributed by atoms with E-state index >= 15 is 0 Å². The molecule has 0 spiro atoms. The summed E-state index contributed by atoms with van der Waals surface area (Å²) in [6, 6.07) is 5.51. The summed E-state index contributed by atoms with van der Waals surface area (Å²) in [4.78, 5) is 41.7. The third-order valence-electron chi connectivity index (χ3n) is 4.71. The Morgan fingerprint density at radius 2 is 2.14 bits per heavy atom. The maximum absolute atomic E-state index is 13.1. The van der Waals surface area contributed by atoms with E-state index in [4.69, 9.17) is 0 Å². The minimum Gasteiger partial charge on any atom is -0.359 e. The molecule has 0 aromatic carbocycles. The first kappa shape index (κ1) is 19.0. The third kappa shape index (κ3) is 4.09. The van der Waals surface area contributed by atoms with Crippen LogP contribution in [0.5, 0.6) is 0 Å². The molecule has 0 aliphatic carbocycles. The lowest BCUT2D eigenvalue weighted by atomic mass is 10.1. The maximum atomic E-state index is 13.1. The van der Waals surface area contributed by atoms with Gasteiger partial charge in [-0.25, -0.2) is 9.97 Å². The maximum Gasteiger partial charge on any atom is 0.255 e. The van der Waals surface area contributed by atoms with Crippen molar-refractivity contribution >= 4 is 34.7 Å². The minimum atomic E-state index is -0.133. The quantitative estimate of drug-likeness (QED) is 0.674. The number of carbonyl (C=O) groups is 2. The van der Waals surface area contributed by atoms with Crippen LogP contribution in [0.2, 0.25) is 0 Å². The van der Waals surface area contributed by atoms with Gasteiger partial charge >= 0.3 is 0 Å². The molecule has 0 radical (unpaired) electrons. The highest BCUT2D eigenvalue weighted by Gasteiger charge is 2.27. The number of rotatable bonds is 6. The molecular weight excluding hydrogens is 388 g/mol. The van der Waals surface area contributed by atoms with E-state index in [-0.39, 0.29) is 18.4 Å². The van der Waals surface area contributed by atoms with Gasteiger partial charge in [0, 0.05) is 37.1 Å². The molecular formula is C20H20N6O2S. The van der Waals surface area contributed by atoms with E-state index in [1.54, 1.807) is 40.0 Å². The fraction of sp³-hybridized carbons (Fsp3) is 0.250. The van der Waals surface area contributed by atoms with Crippen LogP contribution in [0, 0.1) is 0 Å². The number of nitrogens with one attached hydrogen (secondary N) is 1. The molecule has 1 aliphatic rings. The molecule has 0 fully saturated rings. The van der Waals surface area contributed by atoms with Crippen molar-refractivity contribution in [2.45, 2.75) is 20.0 Å². The summed E-state index contributed by atoms with van der Waals surface area (Å²) < 4.78 is 0. The van der Waals surface area contributed by atoms with Crippen molar-refractivity contribution < 1.29 is 9.59 Å². The van der Waals surface area contributed by atoms with Gasteiger partial charge in [0.1, 0.15) is 0 Å². The van der Waals surface area contributed by atoms with Crippen molar-refractivity contribution in [3.8, 4) is 0 Å². The molecule has 3 aromatic rings. The van der Waals surface area contributed by atoms with Crippen molar-refractivity contribution in [2.75, 3.05) is 23.3 Å². The summed E-state index contributed by atoms with van der Waals surface area (Å²) in [7, 11) is 0. The molecule has 0 atom stereocenters. The van der Waals surface area contributed by atoms with Crippen LogP contribution in [-0.4, -0.2) is 44.8 Å². The Morgan fingerprint density at radius 3 is 2.86 bits per heavy atom. The Morgan fingerprint density at radius 1 is 1.31 bits per heavy atom. The van der Waals surface area contributed by atoms with Gasteiger partial charge in [0.2, 0.25) is 5.91 Å². The van der Waals surface area contributed by atoms with E-state index in [1.165, 1.54) is 11.3 Å². The fourth-order valence-electron chi connectivity index (χ4n) is 3.17. The topological polar surface area (TPSA) is 91.3 Å². The standard InChI is InChI=1S/C20H20N6O2S/c1-2-25(10-14-3-5-21-6-4-14)20(28)15-7-17-19(22-8-15)23-9-18(27)26(17)11-16-12-29-13-24-16/h3-8,12-13H,2,9-11H2,1H3,(H,22,23). The zero-order valence-electron chi connectivity index (χ0n) is 15.9. The van der Waals surface area contributed by atoms with Gasteiger partial charge in [-0.05, 0) is 30.7 Å². The second-order valence-corrected chi connectivity index (χ2v) is 7.30. The van der Waals surface area contributed by atoms with Crippen LogP contribution in [0.3, 0.4) is 0 Å². The number of carbonyl (C=O) groups excluding carboxylic acids is 2. The van der Waals surface area contributed by atoms with Crippen molar-refractivity contribution in [3.63, 3.8) is 0 Å². The van der Waals surface area contributed by atoms with Crippen molar-refractivity contribution in [1.29, 1.82) is 0 Å². The van der Waals surface area contributed by atoms with Gasteiger partial charge in [-0.1, -0.05) is 0 Å². The predicted molar refractivity (Wildman–Crippen MR) is 111 cm³/mol. The van der Waals surface area contributed by atoms with E-state index in [0.717, 1.165) is 11.3 Å². The Balaban J connectivity index is 1.61. The van der Waals surface area contributed by atoms with Gasteiger partial charge in [0.25, 0.3) is 5.91 Å². The molecule has 0 saturated carbocycles. The molecule has 4 heterocycles. The molecule has 9 heteroatoms. The number of nitrogens with zero attached hydrogens (tertiary/aromatic N) is 5. The van der Waals surface area contributed by atoms with Crippen molar-refractivity contribution in [2.24, 2.45) is 0 Å². The Kier molecular flexibility index (Phi) is 5.48. The average molecular weight is 408 g/mol. The van der Waals surface area contributed by atoms with Crippen LogP contribution in [0.25, 0.3) is 0 Å². The largest absolute Gasteiger partial charge is 0.359 e. The fourth-order valence-corrected chi connectivity index (χ4v) is 3.72. The number of hydrogen-bond donors (Lipinski definition) is 1. The smallest absolute Gasteiger partial charge is 0.255 e. The molecule has 0 bridgehead atoms. The zero-order chi connectivity index (χ0) is 20.2. The van der Waals surface area contributed by atoms with Crippen LogP contribution in [-0.2, 0) is 17.9 Å². The highest BCUT2D eigenvalue weighted by Crippen LogP contribution is 2.30. The summed E-state index contributed by atoms with van der Waals surface area (Å²) in [5.74, 6) is 0.376. The monoisotopic (exact) mass is 408 g/mol. The summed E-state index contributed by atoms with van der Waals surface area (Å²) >= 11 is 1.48. The number of pyridine rings is 2. The zero-order valence-corrected chi connectivity index (χ0v) is 16.7. The lowest BCUT2D eigenvalue weighted by molar-refractivity contribution is -0.117. The Hall–Kier alpha value is -3.33. The summed E-state index contributed by atoms with van der Waals surface area (Å²) in [6.07, 6.45) is 4.98. The van der Waals surface area contributed by atoms with Crippen LogP contribution in [0.1, 0.15) is 28.5 Å². The van der Waals surface area contributed by atoms with Gasteiger partial charge in [0.05, 0.1) is 35.5 Å². The Bertz CT molecular complexity index is 1010. The molecule has 0 saturated heterocycles. The number of amides is 2. The molecule has 0 unspecified atom stereocenters. The van der Waals surface area contributed by atoms with Gasteiger partial charge in [-0.3, -0.25) is 14.6 Å². The van der Waals surface area contributed by atoms with E-state index in [9.17, 15) is 9.59 Å². The third-order valence-corrected chi connectivity index (χ3v) is 5.34. The number of aromatic nitrogens is 3. The molecule has 2 amide bonds. The predicted octanol–water partition coefficient (Wildman–Crippen LogP) is 2.55. The number of fused-ring (bicyclic) bond motifs is 1. The van der Waals surface area contributed by atoms with Crippen LogP contribution in [0.15, 0.2) is 47.7 Å². The van der Waals surface area contributed by atoms with E-state index in [0.29, 0.717) is 36.7 Å². The molecule has 8 nitrogen and oxygen atoms in total. The average Bonchev–Trinajstić information content (AvgIpc) is 3.27. The summed E-state index contributed by atoms with van der Waals surface area (Å²) in [6.45, 7) is 3.49. The van der Waals surface area contributed by atoms with Crippen LogP contribution >= 0.6 is 11.3 Å². The minimum absolute atomic E-state index is 0.0824. The number of anilines is 2. The molecule has 1 N–H and O–H groups in total. The van der Waals surface area contributed by atoms with Crippen molar-refractivity contribution in [1.82, 2.24) is 19.9 Å². The number of hydrogen-bond acceptors (Lipinski definition) is 7. The SMILES string of the molecule is CCN(Cc1ccncc1)C(=O)c1cnc2c(c1)N(Cc1cscn1)C(=O)CN2. The van der Waals surface area contributed by atoms with Gasteiger partial charge in [-0.2, -0.15) is 0 Å². The van der Waals surface area contributed by atoms with Gasteiger partial charge < -0.3 is 15.1 Å². The molecule has 148 valence electrons. The van der Waals surface area contributed by atoms with Crippen LogP contribution in [0.4, 0.5) is 11.5 Å². The molecule has 1 aliphatic heterocycles. The second kappa shape index (κ2) is 8.36. The first-order valence-electron chi connectivity index (χ1n) is 9.25. The molecule has 4 rings (SSSR count). The lowest BCUT2D eigenvalue weighted by Gasteiger charge is -2.29. The van der Waals surface area contributed by atoms with E-state index in [1.807, 2.05) is 24.4 Å². The highest BCUT2D eigenvalue weighted by atomic mass is 32.1.